The van der Waals surface area contributed by atoms with Gasteiger partial charge in [0.2, 0.25) is 0 Å². The van der Waals surface area contributed by atoms with Gasteiger partial charge in [0.15, 0.2) is 0 Å². The number of aryl methyl sites for hydroxylation is 1. The lowest BCUT2D eigenvalue weighted by Gasteiger charge is -2.15. The molecular weight excluding hydrogens is 270 g/mol. The summed E-state index contributed by atoms with van der Waals surface area (Å²) in [6, 6.07) is 5.96. The van der Waals surface area contributed by atoms with Crippen molar-refractivity contribution in [3.8, 4) is 5.75 Å². The third kappa shape index (κ3) is 3.52. The lowest BCUT2D eigenvalue weighted by atomic mass is 10.1. The Morgan fingerprint density at radius 1 is 1.50 bits per heavy atom. The molecule has 0 aliphatic heterocycles. The van der Waals surface area contributed by atoms with E-state index in [2.05, 4.69) is 15.9 Å². The smallest absolute Gasteiger partial charge is 0.289 e. The van der Waals surface area contributed by atoms with E-state index in [1.165, 1.54) is 0 Å². The third-order valence-corrected chi connectivity index (χ3v) is 2.86. The molecule has 0 aromatic heterocycles. The molecule has 0 atom stereocenters. The fourth-order valence-electron chi connectivity index (χ4n) is 1.46. The first-order valence-corrected chi connectivity index (χ1v) is 5.96. The maximum absolute atomic E-state index is 11.0. The van der Waals surface area contributed by atoms with Crippen molar-refractivity contribution in [3.05, 3.63) is 29.3 Å². The van der Waals surface area contributed by atoms with Crippen LogP contribution in [0.5, 0.6) is 5.75 Å². The van der Waals surface area contributed by atoms with E-state index < -0.39 is 0 Å². The number of carbonyl (C=O) groups is 1. The largest absolute Gasteiger partial charge is 0.494 e. The molecule has 1 amide bonds. The number of amides is 1. The van der Waals surface area contributed by atoms with Crippen LogP contribution >= 0.6 is 15.9 Å². The van der Waals surface area contributed by atoms with Gasteiger partial charge in [-0.2, -0.15) is 0 Å². The van der Waals surface area contributed by atoms with Crippen molar-refractivity contribution in [2.45, 2.75) is 20.4 Å². The van der Waals surface area contributed by atoms with Crippen molar-refractivity contribution in [2.24, 2.45) is 0 Å². The number of halogens is 1. The van der Waals surface area contributed by atoms with Gasteiger partial charge in [0, 0.05) is 29.5 Å². The highest BCUT2D eigenvalue weighted by molar-refractivity contribution is 9.18. The van der Waals surface area contributed by atoms with E-state index in [1.54, 1.807) is 11.9 Å². The standard InChI is InChI=1S/C12H16BrNO2/c1-4-16-11-6-5-10(7-9(11)2)8-14(3)12(13)15/h5-7H,4,8H2,1-3H3. The molecule has 88 valence electrons. The van der Waals surface area contributed by atoms with Gasteiger partial charge in [-0.05, 0) is 31.0 Å². The molecule has 0 saturated heterocycles. The van der Waals surface area contributed by atoms with Crippen molar-refractivity contribution >= 4 is 20.7 Å². The van der Waals surface area contributed by atoms with Crippen molar-refractivity contribution in [2.75, 3.05) is 13.7 Å². The molecule has 0 bridgehead atoms. The number of benzene rings is 1. The molecule has 1 aromatic carbocycles. The second-order valence-electron chi connectivity index (χ2n) is 3.64. The van der Waals surface area contributed by atoms with Gasteiger partial charge in [-0.25, -0.2) is 0 Å². The van der Waals surface area contributed by atoms with Crippen LogP contribution in [0, 0.1) is 6.92 Å². The van der Waals surface area contributed by atoms with Crippen molar-refractivity contribution in [1.82, 2.24) is 4.90 Å². The SMILES string of the molecule is CCOc1ccc(CN(C)C(=O)Br)cc1C. The molecule has 4 heteroatoms. The summed E-state index contributed by atoms with van der Waals surface area (Å²) >= 11 is 2.92. The Morgan fingerprint density at radius 3 is 2.69 bits per heavy atom. The van der Waals surface area contributed by atoms with Crippen molar-refractivity contribution in [3.63, 3.8) is 0 Å². The average Bonchev–Trinajstić information content (AvgIpc) is 2.22. The summed E-state index contributed by atoms with van der Waals surface area (Å²) in [5.41, 5.74) is 2.19. The normalized spacial score (nSPS) is 10.0. The van der Waals surface area contributed by atoms with Gasteiger partial charge in [0.25, 0.3) is 4.82 Å². The molecule has 0 radical (unpaired) electrons. The lowest BCUT2D eigenvalue weighted by molar-refractivity contribution is 0.233. The highest BCUT2D eigenvalue weighted by atomic mass is 79.9. The van der Waals surface area contributed by atoms with Crippen LogP contribution in [-0.2, 0) is 6.54 Å². The van der Waals surface area contributed by atoms with E-state index in [4.69, 9.17) is 4.74 Å². The summed E-state index contributed by atoms with van der Waals surface area (Å²) in [7, 11) is 1.75. The minimum absolute atomic E-state index is 0.112. The first-order valence-electron chi connectivity index (χ1n) is 5.17. The maximum atomic E-state index is 11.0. The molecular formula is C12H16BrNO2. The van der Waals surface area contributed by atoms with Gasteiger partial charge in [-0.1, -0.05) is 12.1 Å². The summed E-state index contributed by atoms with van der Waals surface area (Å²) in [6.45, 7) is 5.23. The molecule has 0 aliphatic rings. The average molecular weight is 286 g/mol. The van der Waals surface area contributed by atoms with Crippen LogP contribution in [0.2, 0.25) is 0 Å². The summed E-state index contributed by atoms with van der Waals surface area (Å²) in [5.74, 6) is 0.902. The zero-order valence-electron chi connectivity index (χ0n) is 9.79. The maximum Gasteiger partial charge on any atom is 0.289 e. The molecule has 3 nitrogen and oxygen atoms in total. The first kappa shape index (κ1) is 13.0. The van der Waals surface area contributed by atoms with E-state index in [-0.39, 0.29) is 4.82 Å². The Balaban J connectivity index is 2.77. The molecule has 16 heavy (non-hydrogen) atoms. The van der Waals surface area contributed by atoms with Gasteiger partial charge in [0.05, 0.1) is 6.61 Å². The Morgan fingerprint density at radius 2 is 2.19 bits per heavy atom. The van der Waals surface area contributed by atoms with Crippen LogP contribution in [0.1, 0.15) is 18.1 Å². The Hall–Kier alpha value is -1.03. The predicted molar refractivity (Wildman–Crippen MR) is 68.1 cm³/mol. The first-order chi connectivity index (χ1) is 7.54. The summed E-state index contributed by atoms with van der Waals surface area (Å²) < 4.78 is 5.45. The Labute approximate surface area is 105 Å². The number of carbonyl (C=O) groups excluding carboxylic acids is 1. The molecule has 0 saturated carbocycles. The van der Waals surface area contributed by atoms with Crippen LogP contribution in [0.15, 0.2) is 18.2 Å². The molecule has 0 fully saturated rings. The number of ether oxygens (including phenoxy) is 1. The molecule has 0 N–H and O–H groups in total. The van der Waals surface area contributed by atoms with Gasteiger partial charge in [-0.3, -0.25) is 4.79 Å². The van der Waals surface area contributed by atoms with E-state index >= 15 is 0 Å². The fourth-order valence-corrected chi connectivity index (χ4v) is 1.59. The summed E-state index contributed by atoms with van der Waals surface area (Å²) in [5, 5.41) is 0. The Bertz CT molecular complexity index is 379. The van der Waals surface area contributed by atoms with E-state index in [0.717, 1.165) is 16.9 Å². The van der Waals surface area contributed by atoms with Crippen LogP contribution in [0.4, 0.5) is 4.79 Å². The summed E-state index contributed by atoms with van der Waals surface area (Å²) in [6.07, 6.45) is 0. The minimum atomic E-state index is -0.112. The van der Waals surface area contributed by atoms with Crippen molar-refractivity contribution in [1.29, 1.82) is 0 Å². The molecule has 0 aliphatic carbocycles. The molecule has 0 heterocycles. The van der Waals surface area contributed by atoms with Gasteiger partial charge in [0.1, 0.15) is 5.75 Å². The minimum Gasteiger partial charge on any atom is -0.494 e. The fraction of sp³-hybridized carbons (Fsp3) is 0.417. The molecule has 1 aromatic rings. The number of hydrogen-bond donors (Lipinski definition) is 0. The monoisotopic (exact) mass is 285 g/mol. The van der Waals surface area contributed by atoms with Gasteiger partial charge >= 0.3 is 0 Å². The molecule has 0 unspecified atom stereocenters. The van der Waals surface area contributed by atoms with Gasteiger partial charge in [-0.15, -0.1) is 0 Å². The number of nitrogens with zero attached hydrogens (tertiary/aromatic N) is 1. The second kappa shape index (κ2) is 5.89. The quantitative estimate of drug-likeness (QED) is 0.627. The van der Waals surface area contributed by atoms with E-state index in [9.17, 15) is 4.79 Å². The molecule has 0 spiro atoms. The number of rotatable bonds is 4. The van der Waals surface area contributed by atoms with Crippen LogP contribution in [0.3, 0.4) is 0 Å². The number of hydrogen-bond acceptors (Lipinski definition) is 2. The van der Waals surface area contributed by atoms with E-state index in [1.807, 2.05) is 32.0 Å². The van der Waals surface area contributed by atoms with Crippen LogP contribution < -0.4 is 4.74 Å². The topological polar surface area (TPSA) is 29.5 Å². The molecule has 1 rings (SSSR count). The predicted octanol–water partition coefficient (Wildman–Crippen LogP) is 3.34. The highest BCUT2D eigenvalue weighted by Gasteiger charge is 2.06. The lowest BCUT2D eigenvalue weighted by Crippen LogP contribution is -2.19. The summed E-state index contributed by atoms with van der Waals surface area (Å²) in [4.78, 5) is 12.5. The van der Waals surface area contributed by atoms with E-state index in [0.29, 0.717) is 13.2 Å². The second-order valence-corrected chi connectivity index (χ2v) is 4.32. The van der Waals surface area contributed by atoms with Gasteiger partial charge < -0.3 is 9.64 Å². The zero-order valence-corrected chi connectivity index (χ0v) is 11.4. The third-order valence-electron chi connectivity index (χ3n) is 2.26. The highest BCUT2D eigenvalue weighted by Crippen LogP contribution is 2.20. The zero-order chi connectivity index (χ0) is 12.1. The van der Waals surface area contributed by atoms with Crippen LogP contribution in [-0.4, -0.2) is 23.4 Å². The Kier molecular flexibility index (Phi) is 4.80. The van der Waals surface area contributed by atoms with Crippen molar-refractivity contribution < 1.29 is 9.53 Å². The van der Waals surface area contributed by atoms with Crippen LogP contribution in [0.25, 0.3) is 0 Å².